The van der Waals surface area contributed by atoms with Crippen LogP contribution >= 0.6 is 0 Å². The van der Waals surface area contributed by atoms with Crippen molar-refractivity contribution < 1.29 is 13.9 Å². The molecule has 1 aromatic carbocycles. The van der Waals surface area contributed by atoms with Gasteiger partial charge >= 0.3 is 5.63 Å². The number of likely N-dealkylation sites (tertiary alicyclic amines) is 1. The molecule has 126 valence electrons. The minimum atomic E-state index is -0.545. The molecule has 2 aliphatic rings. The molecule has 0 spiro atoms. The van der Waals surface area contributed by atoms with Gasteiger partial charge in [-0.2, -0.15) is 0 Å². The smallest absolute Gasteiger partial charge is 0.336 e. The van der Waals surface area contributed by atoms with Gasteiger partial charge < -0.3 is 14.1 Å². The SMILES string of the molecule is CC(Oc1ccc2ccc(=O)oc2c1)C(=O)N1C[C@H]2CCC[C@H]2C1. The molecule has 1 aliphatic heterocycles. The van der Waals surface area contributed by atoms with Crippen LogP contribution in [0.2, 0.25) is 0 Å². The summed E-state index contributed by atoms with van der Waals surface area (Å²) in [5, 5.41) is 0.827. The zero-order valence-electron chi connectivity index (χ0n) is 13.7. The number of rotatable bonds is 3. The number of benzene rings is 1. The highest BCUT2D eigenvalue weighted by atomic mass is 16.5. The molecule has 2 aromatic rings. The van der Waals surface area contributed by atoms with E-state index in [-0.39, 0.29) is 5.91 Å². The molecule has 2 fully saturated rings. The van der Waals surface area contributed by atoms with Crippen LogP contribution in [0, 0.1) is 11.8 Å². The fourth-order valence-corrected chi connectivity index (χ4v) is 4.04. The molecule has 5 nitrogen and oxygen atoms in total. The fraction of sp³-hybridized carbons (Fsp3) is 0.474. The van der Waals surface area contributed by atoms with Crippen LogP contribution < -0.4 is 10.4 Å². The number of carbonyl (C=O) groups is 1. The maximum absolute atomic E-state index is 12.6. The Balaban J connectivity index is 1.46. The van der Waals surface area contributed by atoms with E-state index in [4.69, 9.17) is 9.15 Å². The van der Waals surface area contributed by atoms with Gasteiger partial charge in [0, 0.05) is 30.6 Å². The third-order valence-corrected chi connectivity index (χ3v) is 5.29. The van der Waals surface area contributed by atoms with E-state index in [1.807, 2.05) is 11.0 Å². The van der Waals surface area contributed by atoms with Crippen molar-refractivity contribution in [2.24, 2.45) is 11.8 Å². The Morgan fingerprint density at radius 3 is 2.67 bits per heavy atom. The molecule has 0 bridgehead atoms. The minimum Gasteiger partial charge on any atom is -0.481 e. The van der Waals surface area contributed by atoms with Crippen molar-refractivity contribution in [2.45, 2.75) is 32.3 Å². The second-order valence-electron chi connectivity index (χ2n) is 6.91. The normalized spacial score (nSPS) is 24.1. The molecule has 24 heavy (non-hydrogen) atoms. The van der Waals surface area contributed by atoms with Crippen LogP contribution in [-0.2, 0) is 4.79 Å². The monoisotopic (exact) mass is 327 g/mol. The summed E-state index contributed by atoms with van der Waals surface area (Å²) in [6.45, 7) is 3.51. The summed E-state index contributed by atoms with van der Waals surface area (Å²) >= 11 is 0. The molecule has 0 radical (unpaired) electrons. The zero-order valence-corrected chi connectivity index (χ0v) is 13.7. The summed E-state index contributed by atoms with van der Waals surface area (Å²) in [7, 11) is 0. The molecular formula is C19H21NO4. The summed E-state index contributed by atoms with van der Waals surface area (Å²) < 4.78 is 11.0. The van der Waals surface area contributed by atoms with Crippen molar-refractivity contribution in [3.05, 3.63) is 40.8 Å². The van der Waals surface area contributed by atoms with Crippen LogP contribution in [0.4, 0.5) is 0 Å². The van der Waals surface area contributed by atoms with Gasteiger partial charge in [-0.25, -0.2) is 4.79 Å². The first-order valence-electron chi connectivity index (χ1n) is 8.59. The predicted molar refractivity (Wildman–Crippen MR) is 90.0 cm³/mol. The Labute approximate surface area is 140 Å². The van der Waals surface area contributed by atoms with Crippen LogP contribution in [0.5, 0.6) is 5.75 Å². The maximum atomic E-state index is 12.6. The third-order valence-electron chi connectivity index (χ3n) is 5.29. The van der Waals surface area contributed by atoms with Crippen molar-refractivity contribution in [1.29, 1.82) is 0 Å². The van der Waals surface area contributed by atoms with E-state index in [1.54, 1.807) is 25.1 Å². The van der Waals surface area contributed by atoms with Gasteiger partial charge in [-0.3, -0.25) is 4.79 Å². The van der Waals surface area contributed by atoms with Gasteiger partial charge in [0.25, 0.3) is 5.91 Å². The van der Waals surface area contributed by atoms with Crippen molar-refractivity contribution in [3.8, 4) is 5.75 Å². The van der Waals surface area contributed by atoms with E-state index in [9.17, 15) is 9.59 Å². The highest BCUT2D eigenvalue weighted by Crippen LogP contribution is 2.38. The van der Waals surface area contributed by atoms with Gasteiger partial charge in [0.2, 0.25) is 0 Å². The molecule has 1 saturated heterocycles. The summed E-state index contributed by atoms with van der Waals surface area (Å²) in [5.41, 5.74) is 0.0720. The Kier molecular flexibility index (Phi) is 3.79. The molecule has 1 amide bonds. The number of amides is 1. The van der Waals surface area contributed by atoms with Crippen molar-refractivity contribution in [2.75, 3.05) is 13.1 Å². The van der Waals surface area contributed by atoms with Crippen molar-refractivity contribution in [1.82, 2.24) is 4.90 Å². The van der Waals surface area contributed by atoms with Crippen molar-refractivity contribution in [3.63, 3.8) is 0 Å². The highest BCUT2D eigenvalue weighted by molar-refractivity contribution is 5.82. The molecule has 1 aliphatic carbocycles. The Morgan fingerprint density at radius 2 is 1.92 bits per heavy atom. The van der Waals surface area contributed by atoms with Gasteiger partial charge in [0.1, 0.15) is 11.3 Å². The van der Waals surface area contributed by atoms with Crippen LogP contribution in [0.3, 0.4) is 0 Å². The molecule has 0 N–H and O–H groups in total. The first kappa shape index (κ1) is 15.2. The maximum Gasteiger partial charge on any atom is 0.336 e. The van der Waals surface area contributed by atoms with Gasteiger partial charge in [0.05, 0.1) is 0 Å². The van der Waals surface area contributed by atoms with Gasteiger partial charge in [0.15, 0.2) is 6.10 Å². The number of ether oxygens (including phenoxy) is 1. The van der Waals surface area contributed by atoms with Gasteiger partial charge in [-0.05, 0) is 49.8 Å². The zero-order chi connectivity index (χ0) is 16.7. The second-order valence-corrected chi connectivity index (χ2v) is 6.91. The van der Waals surface area contributed by atoms with Crippen LogP contribution in [-0.4, -0.2) is 30.0 Å². The lowest BCUT2D eigenvalue weighted by molar-refractivity contribution is -0.137. The largest absolute Gasteiger partial charge is 0.481 e. The average Bonchev–Trinajstić information content (AvgIpc) is 3.15. The van der Waals surface area contributed by atoms with E-state index in [2.05, 4.69) is 0 Å². The van der Waals surface area contributed by atoms with Crippen LogP contribution in [0.1, 0.15) is 26.2 Å². The third kappa shape index (κ3) is 2.79. The molecule has 3 atom stereocenters. The number of nitrogens with zero attached hydrogens (tertiary/aromatic N) is 1. The lowest BCUT2D eigenvalue weighted by Crippen LogP contribution is -2.39. The first-order chi connectivity index (χ1) is 11.6. The minimum absolute atomic E-state index is 0.0408. The summed E-state index contributed by atoms with van der Waals surface area (Å²) in [6.07, 6.45) is 3.24. The second kappa shape index (κ2) is 5.96. The van der Waals surface area contributed by atoms with Gasteiger partial charge in [-0.15, -0.1) is 0 Å². The molecule has 2 heterocycles. The predicted octanol–water partition coefficient (Wildman–Crippen LogP) is 2.82. The topological polar surface area (TPSA) is 59.8 Å². The van der Waals surface area contributed by atoms with Crippen LogP contribution in [0.15, 0.2) is 39.5 Å². The number of fused-ring (bicyclic) bond motifs is 2. The fourth-order valence-electron chi connectivity index (χ4n) is 4.04. The quantitative estimate of drug-likeness (QED) is 0.813. The van der Waals surface area contributed by atoms with E-state index in [0.29, 0.717) is 23.2 Å². The Bertz CT molecular complexity index is 815. The van der Waals surface area contributed by atoms with E-state index < -0.39 is 11.7 Å². The number of hydrogen-bond acceptors (Lipinski definition) is 4. The van der Waals surface area contributed by atoms with Crippen LogP contribution in [0.25, 0.3) is 11.0 Å². The van der Waals surface area contributed by atoms with E-state index >= 15 is 0 Å². The standard InChI is InChI=1S/C19H21NO4/c1-12(19(22)20-10-14-3-2-4-15(14)11-20)23-16-7-5-13-6-8-18(21)24-17(13)9-16/h5-9,12,14-15H,2-4,10-11H2,1H3/t12?,14-,15+. The first-order valence-corrected chi connectivity index (χ1v) is 8.59. The molecule has 4 rings (SSSR count). The van der Waals surface area contributed by atoms with Crippen molar-refractivity contribution >= 4 is 16.9 Å². The Morgan fingerprint density at radius 1 is 1.21 bits per heavy atom. The average molecular weight is 327 g/mol. The number of carbonyl (C=O) groups excluding carboxylic acids is 1. The number of hydrogen-bond donors (Lipinski definition) is 0. The molecule has 1 saturated carbocycles. The lowest BCUT2D eigenvalue weighted by atomic mass is 10.0. The molecule has 5 heteroatoms. The summed E-state index contributed by atoms with van der Waals surface area (Å²) in [4.78, 5) is 25.9. The highest BCUT2D eigenvalue weighted by Gasteiger charge is 2.39. The van der Waals surface area contributed by atoms with Gasteiger partial charge in [-0.1, -0.05) is 6.42 Å². The lowest BCUT2D eigenvalue weighted by Gasteiger charge is -2.22. The molecule has 1 aromatic heterocycles. The van der Waals surface area contributed by atoms with E-state index in [1.165, 1.54) is 25.3 Å². The molecular weight excluding hydrogens is 306 g/mol. The summed E-state index contributed by atoms with van der Waals surface area (Å²) in [6, 6.07) is 8.39. The summed E-state index contributed by atoms with van der Waals surface area (Å²) in [5.74, 6) is 1.93. The molecule has 1 unspecified atom stereocenters. The van der Waals surface area contributed by atoms with E-state index in [0.717, 1.165) is 18.5 Å². The Hall–Kier alpha value is -2.30.